The standard InChI is InChI=1S/C23H23ClN2O4/c1-25(19-12-23(27)30-20-5-3-16(24)11-18(19)20)17-6-8-26(9-7-17)13-15-2-4-21-22(10-15)29-14-28-21/h2-5,10-12,17H,6-9,13-14H2,1H3. The zero-order chi connectivity index (χ0) is 20.7. The number of hydrogen-bond donors (Lipinski definition) is 0. The predicted octanol–water partition coefficient (Wildman–Crippen LogP) is 4.28. The first-order chi connectivity index (χ1) is 14.6. The van der Waals surface area contributed by atoms with E-state index in [0.29, 0.717) is 23.4 Å². The second-order valence-electron chi connectivity index (χ2n) is 7.90. The molecule has 0 bridgehead atoms. The number of benzene rings is 2. The Balaban J connectivity index is 1.28. The lowest BCUT2D eigenvalue weighted by molar-refractivity contribution is 0.173. The van der Waals surface area contributed by atoms with Crippen molar-refractivity contribution in [1.29, 1.82) is 0 Å². The van der Waals surface area contributed by atoms with Crippen LogP contribution in [0.5, 0.6) is 11.5 Å². The van der Waals surface area contributed by atoms with Gasteiger partial charge in [-0.15, -0.1) is 0 Å². The van der Waals surface area contributed by atoms with E-state index in [-0.39, 0.29) is 5.63 Å². The molecule has 156 valence electrons. The van der Waals surface area contributed by atoms with Gasteiger partial charge in [0.05, 0.1) is 5.69 Å². The molecule has 0 amide bonds. The van der Waals surface area contributed by atoms with E-state index in [9.17, 15) is 4.79 Å². The number of hydrogen-bond acceptors (Lipinski definition) is 6. The molecule has 0 N–H and O–H groups in total. The number of fused-ring (bicyclic) bond motifs is 2. The van der Waals surface area contributed by atoms with Crippen LogP contribution in [0.2, 0.25) is 5.02 Å². The summed E-state index contributed by atoms with van der Waals surface area (Å²) in [5.74, 6) is 1.65. The maximum Gasteiger partial charge on any atom is 0.338 e. The highest BCUT2D eigenvalue weighted by atomic mass is 35.5. The Bertz CT molecular complexity index is 1140. The van der Waals surface area contributed by atoms with Gasteiger partial charge in [0.1, 0.15) is 5.58 Å². The summed E-state index contributed by atoms with van der Waals surface area (Å²) in [6.45, 7) is 3.17. The van der Waals surface area contributed by atoms with Crippen molar-refractivity contribution in [1.82, 2.24) is 4.90 Å². The molecule has 6 nitrogen and oxygen atoms in total. The highest BCUT2D eigenvalue weighted by Crippen LogP contribution is 2.34. The molecule has 30 heavy (non-hydrogen) atoms. The van der Waals surface area contributed by atoms with E-state index in [4.69, 9.17) is 25.5 Å². The molecule has 1 saturated heterocycles. The number of anilines is 1. The van der Waals surface area contributed by atoms with Gasteiger partial charge in [-0.25, -0.2) is 4.79 Å². The Hall–Kier alpha value is -2.70. The van der Waals surface area contributed by atoms with Gasteiger partial charge in [-0.2, -0.15) is 0 Å². The third-order valence-electron chi connectivity index (χ3n) is 6.01. The largest absolute Gasteiger partial charge is 0.454 e. The van der Waals surface area contributed by atoms with Crippen LogP contribution >= 0.6 is 11.6 Å². The van der Waals surface area contributed by atoms with E-state index in [1.807, 2.05) is 19.2 Å². The Morgan fingerprint density at radius 2 is 1.87 bits per heavy atom. The SMILES string of the molecule is CN(c1cc(=O)oc2ccc(Cl)cc12)C1CCN(Cc2ccc3c(c2)OCO3)CC1. The summed E-state index contributed by atoms with van der Waals surface area (Å²) >= 11 is 6.19. The van der Waals surface area contributed by atoms with E-state index in [1.54, 1.807) is 18.2 Å². The normalized spacial score (nSPS) is 16.9. The smallest absolute Gasteiger partial charge is 0.338 e. The molecule has 3 aromatic rings. The minimum absolute atomic E-state index is 0.300. The maximum absolute atomic E-state index is 12.1. The minimum atomic E-state index is -0.341. The van der Waals surface area contributed by atoms with Crippen molar-refractivity contribution < 1.29 is 13.9 Å². The lowest BCUT2D eigenvalue weighted by Gasteiger charge is -2.38. The average molecular weight is 427 g/mol. The van der Waals surface area contributed by atoms with Crippen molar-refractivity contribution in [3.63, 3.8) is 0 Å². The number of likely N-dealkylation sites (tertiary alicyclic amines) is 1. The molecule has 3 heterocycles. The monoisotopic (exact) mass is 426 g/mol. The fraction of sp³-hybridized carbons (Fsp3) is 0.348. The molecule has 7 heteroatoms. The van der Waals surface area contributed by atoms with Crippen molar-refractivity contribution in [2.24, 2.45) is 0 Å². The number of rotatable bonds is 4. The zero-order valence-corrected chi connectivity index (χ0v) is 17.5. The molecule has 0 spiro atoms. The van der Waals surface area contributed by atoms with E-state index in [2.05, 4.69) is 21.9 Å². The zero-order valence-electron chi connectivity index (χ0n) is 16.8. The summed E-state index contributed by atoms with van der Waals surface area (Å²) in [6, 6.07) is 13.4. The molecule has 5 rings (SSSR count). The van der Waals surface area contributed by atoms with Gasteiger partial charge in [0.15, 0.2) is 11.5 Å². The average Bonchev–Trinajstić information content (AvgIpc) is 3.21. The lowest BCUT2D eigenvalue weighted by Crippen LogP contribution is -2.43. The first-order valence-electron chi connectivity index (χ1n) is 10.1. The molecule has 0 radical (unpaired) electrons. The van der Waals surface area contributed by atoms with Gasteiger partial charge < -0.3 is 18.8 Å². The molecule has 2 aliphatic rings. The molecular weight excluding hydrogens is 404 g/mol. The fourth-order valence-corrected chi connectivity index (χ4v) is 4.54. The van der Waals surface area contributed by atoms with Gasteiger partial charge >= 0.3 is 5.63 Å². The Morgan fingerprint density at radius 3 is 2.70 bits per heavy atom. The summed E-state index contributed by atoms with van der Waals surface area (Å²) in [7, 11) is 2.05. The Labute approximate surface area is 179 Å². The van der Waals surface area contributed by atoms with Crippen LogP contribution in [0.3, 0.4) is 0 Å². The molecule has 1 aromatic heterocycles. The van der Waals surface area contributed by atoms with Crippen molar-refractivity contribution in [3.05, 3.63) is 63.5 Å². The van der Waals surface area contributed by atoms with Gasteiger partial charge in [0.25, 0.3) is 0 Å². The first kappa shape index (κ1) is 19.3. The summed E-state index contributed by atoms with van der Waals surface area (Å²) < 4.78 is 16.2. The van der Waals surface area contributed by atoms with Crippen LogP contribution in [0.4, 0.5) is 5.69 Å². The van der Waals surface area contributed by atoms with Crippen molar-refractivity contribution in [2.75, 3.05) is 31.8 Å². The summed E-state index contributed by atoms with van der Waals surface area (Å²) in [5, 5.41) is 1.50. The van der Waals surface area contributed by atoms with Gasteiger partial charge in [-0.1, -0.05) is 17.7 Å². The molecular formula is C23H23ClN2O4. The fourth-order valence-electron chi connectivity index (χ4n) is 4.37. The maximum atomic E-state index is 12.1. The molecule has 0 atom stereocenters. The number of ether oxygens (including phenoxy) is 2. The highest BCUT2D eigenvalue weighted by Gasteiger charge is 2.25. The van der Waals surface area contributed by atoms with Crippen LogP contribution in [-0.4, -0.2) is 37.9 Å². The van der Waals surface area contributed by atoms with Crippen LogP contribution in [0.25, 0.3) is 11.0 Å². The Kier molecular flexibility index (Phi) is 5.05. The van der Waals surface area contributed by atoms with Crippen molar-refractivity contribution >= 4 is 28.3 Å². The van der Waals surface area contributed by atoms with Gasteiger partial charge in [-0.3, -0.25) is 4.90 Å². The van der Waals surface area contributed by atoms with E-state index >= 15 is 0 Å². The van der Waals surface area contributed by atoms with Crippen molar-refractivity contribution in [3.8, 4) is 11.5 Å². The molecule has 1 fully saturated rings. The number of halogens is 1. The first-order valence-corrected chi connectivity index (χ1v) is 10.5. The van der Waals surface area contributed by atoms with Crippen LogP contribution < -0.4 is 20.0 Å². The van der Waals surface area contributed by atoms with Crippen molar-refractivity contribution in [2.45, 2.75) is 25.4 Å². The van der Waals surface area contributed by atoms with Crippen LogP contribution in [0.15, 0.2) is 51.7 Å². The second kappa shape index (κ2) is 7.85. The quantitative estimate of drug-likeness (QED) is 0.580. The van der Waals surface area contributed by atoms with Gasteiger partial charge in [0, 0.05) is 49.2 Å². The highest BCUT2D eigenvalue weighted by molar-refractivity contribution is 6.31. The third-order valence-corrected chi connectivity index (χ3v) is 6.25. The van der Waals surface area contributed by atoms with E-state index in [1.165, 1.54) is 5.56 Å². The van der Waals surface area contributed by atoms with Gasteiger partial charge in [0.2, 0.25) is 6.79 Å². The minimum Gasteiger partial charge on any atom is -0.454 e. The number of piperidine rings is 1. The van der Waals surface area contributed by atoms with Crippen LogP contribution in [0.1, 0.15) is 18.4 Å². The lowest BCUT2D eigenvalue weighted by atomic mass is 10.0. The predicted molar refractivity (Wildman–Crippen MR) is 117 cm³/mol. The summed E-state index contributed by atoms with van der Waals surface area (Å²) in [6.07, 6.45) is 2.03. The van der Waals surface area contributed by atoms with Gasteiger partial charge in [-0.05, 0) is 48.7 Å². The number of nitrogens with zero attached hydrogens (tertiary/aromatic N) is 2. The molecule has 2 aromatic carbocycles. The molecule has 0 unspecified atom stereocenters. The van der Waals surface area contributed by atoms with Crippen LogP contribution in [-0.2, 0) is 6.54 Å². The van der Waals surface area contributed by atoms with Crippen LogP contribution in [0, 0.1) is 0 Å². The van der Waals surface area contributed by atoms with E-state index < -0.39 is 0 Å². The molecule has 0 saturated carbocycles. The van der Waals surface area contributed by atoms with E-state index in [0.717, 1.165) is 55.0 Å². The molecule has 2 aliphatic heterocycles. The Morgan fingerprint density at radius 1 is 1.07 bits per heavy atom. The second-order valence-corrected chi connectivity index (χ2v) is 8.33. The summed E-state index contributed by atoms with van der Waals surface area (Å²) in [5.41, 5.74) is 2.33. The summed E-state index contributed by atoms with van der Waals surface area (Å²) in [4.78, 5) is 16.7. The third kappa shape index (κ3) is 3.73. The molecule has 0 aliphatic carbocycles. The topological polar surface area (TPSA) is 55.2 Å².